The zero-order valence-electron chi connectivity index (χ0n) is 20.7. The second-order valence-corrected chi connectivity index (χ2v) is 9.35. The first kappa shape index (κ1) is 23.1. The van der Waals surface area contributed by atoms with Crippen molar-refractivity contribution in [3.63, 3.8) is 0 Å². The van der Waals surface area contributed by atoms with Crippen molar-refractivity contribution in [1.82, 2.24) is 29.5 Å². The van der Waals surface area contributed by atoms with Crippen molar-refractivity contribution in [2.75, 3.05) is 45.3 Å². The number of likely N-dealkylation sites (tertiary alicyclic amines) is 1. The van der Waals surface area contributed by atoms with Crippen LogP contribution in [0.25, 0.3) is 11.0 Å². The molecule has 3 aromatic heterocycles. The minimum absolute atomic E-state index is 0.221. The predicted octanol–water partition coefficient (Wildman–Crippen LogP) is 2.72. The van der Waals surface area contributed by atoms with Crippen molar-refractivity contribution in [3.05, 3.63) is 59.1 Å². The number of aryl methyl sites for hydroxylation is 1. The normalized spacial score (nSPS) is 14.5. The summed E-state index contributed by atoms with van der Waals surface area (Å²) in [5, 5.41) is 7.38. The number of methoxy groups -OCH3 is 1. The summed E-state index contributed by atoms with van der Waals surface area (Å²) < 4.78 is 13.0. The van der Waals surface area contributed by atoms with Gasteiger partial charge in [-0.25, -0.2) is 4.98 Å². The molecule has 0 aliphatic carbocycles. The van der Waals surface area contributed by atoms with E-state index >= 15 is 0 Å². The molecule has 1 aliphatic heterocycles. The largest absolute Gasteiger partial charge is 0.496 e. The van der Waals surface area contributed by atoms with Gasteiger partial charge >= 0.3 is 0 Å². The lowest BCUT2D eigenvalue weighted by Gasteiger charge is -2.42. The molecule has 0 atom stereocenters. The second kappa shape index (κ2) is 9.55. The van der Waals surface area contributed by atoms with E-state index in [1.54, 1.807) is 7.11 Å². The van der Waals surface area contributed by atoms with Crippen LogP contribution in [0.4, 0.5) is 11.8 Å². The van der Waals surface area contributed by atoms with Gasteiger partial charge in [-0.1, -0.05) is 17.3 Å². The van der Waals surface area contributed by atoms with Gasteiger partial charge in [0.05, 0.1) is 25.7 Å². The summed E-state index contributed by atoms with van der Waals surface area (Å²) in [4.78, 5) is 13.6. The van der Waals surface area contributed by atoms with Crippen molar-refractivity contribution in [2.45, 2.75) is 32.6 Å². The molecule has 0 spiro atoms. The first-order chi connectivity index (χ1) is 16.9. The summed E-state index contributed by atoms with van der Waals surface area (Å²) in [6.07, 6.45) is 2.00. The third-order valence-corrected chi connectivity index (χ3v) is 6.51. The van der Waals surface area contributed by atoms with E-state index in [4.69, 9.17) is 15.0 Å². The summed E-state index contributed by atoms with van der Waals surface area (Å²) in [5.41, 5.74) is 10.8. The average molecular weight is 477 g/mol. The number of anilines is 2. The molecule has 4 aromatic rings. The molecule has 4 heterocycles. The number of rotatable bonds is 9. The van der Waals surface area contributed by atoms with E-state index in [0.717, 1.165) is 53.4 Å². The Bertz CT molecular complexity index is 1320. The van der Waals surface area contributed by atoms with Crippen LogP contribution in [0.1, 0.15) is 22.6 Å². The number of nitrogens with two attached hydrogens (primary N) is 1. The molecule has 1 aliphatic rings. The number of aromatic nitrogens is 4. The van der Waals surface area contributed by atoms with E-state index in [-0.39, 0.29) is 5.95 Å². The number of ether oxygens (including phenoxy) is 1. The van der Waals surface area contributed by atoms with Crippen molar-refractivity contribution in [3.8, 4) is 5.75 Å². The summed E-state index contributed by atoms with van der Waals surface area (Å²) in [6, 6.07) is 11.0. The lowest BCUT2D eigenvalue weighted by Crippen LogP contribution is -2.56. The third kappa shape index (κ3) is 4.94. The molecular weight excluding hydrogens is 444 g/mol. The SMILES string of the molecule is COc1cc(CN2CC(N(C)C)C2)ccc1Cn1ccc2nc(N)nc(NCc3cc(C)on3)c21. The fourth-order valence-electron chi connectivity index (χ4n) is 4.51. The zero-order valence-corrected chi connectivity index (χ0v) is 20.7. The highest BCUT2D eigenvalue weighted by molar-refractivity contribution is 5.87. The van der Waals surface area contributed by atoms with Crippen LogP contribution < -0.4 is 15.8 Å². The topological polar surface area (TPSA) is 110 Å². The molecule has 184 valence electrons. The van der Waals surface area contributed by atoms with Gasteiger partial charge in [0.15, 0.2) is 5.82 Å². The quantitative estimate of drug-likeness (QED) is 0.377. The van der Waals surface area contributed by atoms with Crippen LogP contribution in [-0.2, 0) is 19.6 Å². The molecule has 10 nitrogen and oxygen atoms in total. The number of hydrogen-bond donors (Lipinski definition) is 2. The molecule has 0 bridgehead atoms. The Balaban J connectivity index is 1.36. The Morgan fingerprint density at radius 1 is 1.17 bits per heavy atom. The molecule has 1 saturated heterocycles. The van der Waals surface area contributed by atoms with E-state index in [1.165, 1.54) is 5.56 Å². The Labute approximate surface area is 204 Å². The van der Waals surface area contributed by atoms with Gasteiger partial charge in [0, 0.05) is 43.5 Å². The number of likely N-dealkylation sites (N-methyl/N-ethyl adjacent to an activating group) is 1. The maximum Gasteiger partial charge on any atom is 0.222 e. The smallest absolute Gasteiger partial charge is 0.222 e. The highest BCUT2D eigenvalue weighted by Gasteiger charge is 2.28. The minimum atomic E-state index is 0.221. The van der Waals surface area contributed by atoms with Crippen molar-refractivity contribution in [2.24, 2.45) is 0 Å². The number of hydrogen-bond acceptors (Lipinski definition) is 9. The van der Waals surface area contributed by atoms with Crippen molar-refractivity contribution in [1.29, 1.82) is 0 Å². The number of nitrogens with zero attached hydrogens (tertiary/aromatic N) is 6. The molecule has 3 N–H and O–H groups in total. The first-order valence-electron chi connectivity index (χ1n) is 11.7. The van der Waals surface area contributed by atoms with E-state index in [2.05, 4.69) is 67.1 Å². The summed E-state index contributed by atoms with van der Waals surface area (Å²) in [5.74, 6) is 2.51. The van der Waals surface area contributed by atoms with Crippen LogP contribution in [0.5, 0.6) is 5.75 Å². The molecule has 0 unspecified atom stereocenters. The number of fused-ring (bicyclic) bond motifs is 1. The zero-order chi connectivity index (χ0) is 24.5. The molecule has 10 heteroatoms. The van der Waals surface area contributed by atoms with Gasteiger partial charge in [-0.15, -0.1) is 0 Å². The molecule has 0 saturated carbocycles. The fraction of sp³-hybridized carbons (Fsp3) is 0.400. The summed E-state index contributed by atoms with van der Waals surface area (Å²) in [6.45, 7) is 6.07. The van der Waals surface area contributed by atoms with Crippen LogP contribution in [-0.4, -0.2) is 69.8 Å². The van der Waals surface area contributed by atoms with Gasteiger partial charge in [-0.05, 0) is 38.7 Å². The summed E-state index contributed by atoms with van der Waals surface area (Å²) in [7, 11) is 6.00. The molecule has 0 radical (unpaired) electrons. The molecule has 1 aromatic carbocycles. The molecule has 1 fully saturated rings. The number of benzene rings is 1. The second-order valence-electron chi connectivity index (χ2n) is 9.35. The van der Waals surface area contributed by atoms with Crippen LogP contribution in [0.3, 0.4) is 0 Å². The lowest BCUT2D eigenvalue weighted by molar-refractivity contribution is 0.0573. The van der Waals surface area contributed by atoms with E-state index in [0.29, 0.717) is 24.9 Å². The first-order valence-corrected chi connectivity index (χ1v) is 11.7. The van der Waals surface area contributed by atoms with Gasteiger partial charge in [-0.3, -0.25) is 4.90 Å². The molecule has 0 amide bonds. The maximum absolute atomic E-state index is 5.97. The number of nitrogens with one attached hydrogen (secondary N) is 1. The van der Waals surface area contributed by atoms with Gasteiger partial charge in [0.2, 0.25) is 5.95 Å². The van der Waals surface area contributed by atoms with Gasteiger partial charge in [0.1, 0.15) is 22.7 Å². The molecule has 35 heavy (non-hydrogen) atoms. The standard InChI is InChI=1S/C25H32N8O2/c1-16-9-19(30-35-16)11-27-24-23-21(28-25(26)29-24)7-8-33(23)13-18-6-5-17(10-22(18)34-4)12-32-14-20(15-32)31(2)3/h5-10,20H,11-15H2,1-4H3,(H3,26,27,28,29). The Kier molecular flexibility index (Phi) is 6.31. The lowest BCUT2D eigenvalue weighted by atomic mass is 10.0. The van der Waals surface area contributed by atoms with E-state index in [1.807, 2.05) is 25.3 Å². The Morgan fingerprint density at radius 2 is 2.00 bits per heavy atom. The van der Waals surface area contributed by atoms with Crippen molar-refractivity contribution < 1.29 is 9.26 Å². The van der Waals surface area contributed by atoms with Gasteiger partial charge in [0.25, 0.3) is 0 Å². The van der Waals surface area contributed by atoms with E-state index < -0.39 is 0 Å². The maximum atomic E-state index is 5.97. The Hall–Kier alpha value is -3.63. The van der Waals surface area contributed by atoms with Gasteiger partial charge < -0.3 is 29.8 Å². The average Bonchev–Trinajstić information content (AvgIpc) is 3.40. The minimum Gasteiger partial charge on any atom is -0.496 e. The highest BCUT2D eigenvalue weighted by atomic mass is 16.5. The van der Waals surface area contributed by atoms with E-state index in [9.17, 15) is 0 Å². The fourth-order valence-corrected chi connectivity index (χ4v) is 4.51. The van der Waals surface area contributed by atoms with Gasteiger partial charge in [-0.2, -0.15) is 4.98 Å². The van der Waals surface area contributed by atoms with Crippen LogP contribution >= 0.6 is 0 Å². The highest BCUT2D eigenvalue weighted by Crippen LogP contribution is 2.28. The Morgan fingerprint density at radius 3 is 2.71 bits per heavy atom. The summed E-state index contributed by atoms with van der Waals surface area (Å²) >= 11 is 0. The molecule has 5 rings (SSSR count). The van der Waals surface area contributed by atoms with Crippen LogP contribution in [0.2, 0.25) is 0 Å². The van der Waals surface area contributed by atoms with Crippen molar-refractivity contribution >= 4 is 22.8 Å². The van der Waals surface area contributed by atoms with Crippen LogP contribution in [0, 0.1) is 6.92 Å². The van der Waals surface area contributed by atoms with Crippen LogP contribution in [0.15, 0.2) is 41.1 Å². The number of nitrogen functional groups attached to an aromatic ring is 1. The third-order valence-electron chi connectivity index (χ3n) is 6.51. The molecular formula is C25H32N8O2. The monoisotopic (exact) mass is 476 g/mol. The predicted molar refractivity (Wildman–Crippen MR) is 135 cm³/mol.